The van der Waals surface area contributed by atoms with Gasteiger partial charge in [-0.15, -0.1) is 0 Å². The van der Waals surface area contributed by atoms with Crippen molar-refractivity contribution in [2.75, 3.05) is 13.2 Å². The molecule has 0 aliphatic carbocycles. The molecule has 0 unspecified atom stereocenters. The fourth-order valence-electron chi connectivity index (χ4n) is 4.03. The molecule has 4 rings (SSSR count). The van der Waals surface area contributed by atoms with Gasteiger partial charge in [0, 0.05) is 6.54 Å². The zero-order chi connectivity index (χ0) is 28.0. The number of ether oxygens (including phenoxy) is 3. The van der Waals surface area contributed by atoms with E-state index in [4.69, 9.17) is 19.3 Å². The van der Waals surface area contributed by atoms with Gasteiger partial charge in [0.2, 0.25) is 0 Å². The van der Waals surface area contributed by atoms with Crippen LogP contribution in [0.15, 0.2) is 109 Å². The van der Waals surface area contributed by atoms with Crippen molar-refractivity contribution >= 4 is 5.97 Å². The Morgan fingerprint density at radius 3 is 1.82 bits per heavy atom. The number of benzene rings is 4. The maximum atomic E-state index is 13.0. The molecule has 0 saturated heterocycles. The molecule has 0 aliphatic heterocycles. The molecule has 0 bridgehead atoms. The Bertz CT molecular complexity index is 1300. The van der Waals surface area contributed by atoms with Gasteiger partial charge in [0.15, 0.2) is 11.5 Å². The van der Waals surface area contributed by atoms with Gasteiger partial charge >= 0.3 is 5.97 Å². The Morgan fingerprint density at radius 2 is 1.25 bits per heavy atom. The van der Waals surface area contributed by atoms with Crippen LogP contribution in [0.5, 0.6) is 11.5 Å². The van der Waals surface area contributed by atoms with Crippen LogP contribution in [0.2, 0.25) is 0 Å². The van der Waals surface area contributed by atoms with E-state index in [2.05, 4.69) is 5.32 Å². The van der Waals surface area contributed by atoms with Crippen molar-refractivity contribution < 1.29 is 29.2 Å². The maximum absolute atomic E-state index is 13.0. The number of esters is 1. The summed E-state index contributed by atoms with van der Waals surface area (Å²) < 4.78 is 17.6. The normalized spacial score (nSPS) is 12.3. The molecule has 0 spiro atoms. The van der Waals surface area contributed by atoms with Gasteiger partial charge in [-0.1, -0.05) is 97.1 Å². The largest absolute Gasteiger partial charge is 0.485 e. The molecule has 40 heavy (non-hydrogen) atoms. The van der Waals surface area contributed by atoms with Crippen LogP contribution in [0.25, 0.3) is 0 Å². The predicted octanol–water partition coefficient (Wildman–Crippen LogP) is 4.44. The third-order valence-corrected chi connectivity index (χ3v) is 6.23. The third kappa shape index (κ3) is 9.24. The van der Waals surface area contributed by atoms with Gasteiger partial charge in [0.25, 0.3) is 0 Å². The highest BCUT2D eigenvalue weighted by Crippen LogP contribution is 2.31. The van der Waals surface area contributed by atoms with Crippen molar-refractivity contribution in [1.82, 2.24) is 5.32 Å². The van der Waals surface area contributed by atoms with Gasteiger partial charge in [-0.25, -0.2) is 0 Å². The van der Waals surface area contributed by atoms with Gasteiger partial charge < -0.3 is 29.7 Å². The van der Waals surface area contributed by atoms with E-state index in [1.54, 1.807) is 0 Å². The van der Waals surface area contributed by atoms with E-state index in [1.165, 1.54) is 0 Å². The van der Waals surface area contributed by atoms with Crippen molar-refractivity contribution in [3.05, 3.63) is 131 Å². The van der Waals surface area contributed by atoms with E-state index in [9.17, 15) is 9.90 Å². The molecular formula is C33H35NO6. The standard InChI is InChI=1S/C33H35NO6/c35-21-29(36)24-40-33(37)30(34-20-25-10-4-1-5-11-25)18-28-16-17-31(38-22-26-12-6-2-7-13-26)32(19-28)39-23-27-14-8-3-9-15-27/h1-17,19,29-30,34-36H,18,20-24H2/t29-,30-/m0/s1. The minimum Gasteiger partial charge on any atom is -0.485 e. The average Bonchev–Trinajstić information content (AvgIpc) is 3.01. The van der Waals surface area contributed by atoms with Crippen LogP contribution >= 0.6 is 0 Å². The second-order valence-electron chi connectivity index (χ2n) is 9.42. The first-order chi connectivity index (χ1) is 19.6. The smallest absolute Gasteiger partial charge is 0.323 e. The Hall–Kier alpha value is -4.17. The zero-order valence-corrected chi connectivity index (χ0v) is 22.3. The highest BCUT2D eigenvalue weighted by molar-refractivity contribution is 5.76. The van der Waals surface area contributed by atoms with E-state index >= 15 is 0 Å². The molecule has 0 aliphatic rings. The van der Waals surface area contributed by atoms with Crippen LogP contribution in [-0.4, -0.2) is 41.5 Å². The van der Waals surface area contributed by atoms with Crippen molar-refractivity contribution in [3.63, 3.8) is 0 Å². The Labute approximate surface area is 235 Å². The summed E-state index contributed by atoms with van der Waals surface area (Å²) in [6.45, 7) is 0.447. The Morgan fingerprint density at radius 1 is 0.700 bits per heavy atom. The molecule has 0 amide bonds. The lowest BCUT2D eigenvalue weighted by Gasteiger charge is -2.20. The highest BCUT2D eigenvalue weighted by atomic mass is 16.5. The van der Waals surface area contributed by atoms with Gasteiger partial charge in [0.1, 0.15) is 32.0 Å². The molecule has 0 radical (unpaired) electrons. The number of hydrogen-bond acceptors (Lipinski definition) is 7. The van der Waals surface area contributed by atoms with Gasteiger partial charge in [-0.05, 0) is 40.8 Å². The summed E-state index contributed by atoms with van der Waals surface area (Å²) in [7, 11) is 0. The topological polar surface area (TPSA) is 97.3 Å². The van der Waals surface area contributed by atoms with Crippen LogP contribution in [-0.2, 0) is 35.7 Å². The molecule has 7 nitrogen and oxygen atoms in total. The molecular weight excluding hydrogens is 506 g/mol. The molecule has 4 aromatic carbocycles. The molecule has 208 valence electrons. The molecule has 0 saturated carbocycles. The number of aliphatic hydroxyl groups excluding tert-OH is 2. The second kappa shape index (κ2) is 15.4. The van der Waals surface area contributed by atoms with E-state index in [1.807, 2.05) is 109 Å². The highest BCUT2D eigenvalue weighted by Gasteiger charge is 2.22. The maximum Gasteiger partial charge on any atom is 0.323 e. The minimum absolute atomic E-state index is 0.281. The number of carbonyl (C=O) groups is 1. The lowest BCUT2D eigenvalue weighted by atomic mass is 10.0. The first kappa shape index (κ1) is 28.8. The van der Waals surface area contributed by atoms with Crippen LogP contribution in [0.4, 0.5) is 0 Å². The quantitative estimate of drug-likeness (QED) is 0.192. The number of rotatable bonds is 15. The molecule has 0 aromatic heterocycles. The fourth-order valence-corrected chi connectivity index (χ4v) is 4.03. The third-order valence-electron chi connectivity index (χ3n) is 6.23. The average molecular weight is 542 g/mol. The summed E-state index contributed by atoms with van der Waals surface area (Å²) in [6, 6.07) is 34.5. The van der Waals surface area contributed by atoms with Crippen molar-refractivity contribution in [2.24, 2.45) is 0 Å². The zero-order valence-electron chi connectivity index (χ0n) is 22.3. The number of hydrogen-bond donors (Lipinski definition) is 3. The van der Waals surface area contributed by atoms with Crippen molar-refractivity contribution in [2.45, 2.75) is 38.3 Å². The van der Waals surface area contributed by atoms with Crippen LogP contribution < -0.4 is 14.8 Å². The number of nitrogens with one attached hydrogen (secondary N) is 1. The Balaban J connectivity index is 1.51. The van der Waals surface area contributed by atoms with Crippen LogP contribution in [0.1, 0.15) is 22.3 Å². The summed E-state index contributed by atoms with van der Waals surface area (Å²) in [6.07, 6.45) is -0.806. The van der Waals surface area contributed by atoms with E-state index in [0.29, 0.717) is 37.7 Å². The molecule has 0 heterocycles. The lowest BCUT2D eigenvalue weighted by molar-refractivity contribution is -0.149. The molecule has 3 N–H and O–H groups in total. The minimum atomic E-state index is -1.13. The summed E-state index contributed by atoms with van der Waals surface area (Å²) in [4.78, 5) is 13.0. The van der Waals surface area contributed by atoms with Gasteiger partial charge in [-0.2, -0.15) is 0 Å². The lowest BCUT2D eigenvalue weighted by Crippen LogP contribution is -2.40. The predicted molar refractivity (Wildman–Crippen MR) is 153 cm³/mol. The molecule has 7 heteroatoms. The van der Waals surface area contributed by atoms with E-state index in [0.717, 1.165) is 22.3 Å². The molecule has 0 fully saturated rings. The summed E-state index contributed by atoms with van der Waals surface area (Å²) in [5.74, 6) is 0.661. The number of aliphatic hydroxyl groups is 2. The first-order valence-electron chi connectivity index (χ1n) is 13.3. The molecule has 4 aromatic rings. The second-order valence-corrected chi connectivity index (χ2v) is 9.42. The number of carbonyl (C=O) groups excluding carboxylic acids is 1. The van der Waals surface area contributed by atoms with Gasteiger partial charge in [0.05, 0.1) is 6.61 Å². The van der Waals surface area contributed by atoms with Crippen molar-refractivity contribution in [1.29, 1.82) is 0 Å². The van der Waals surface area contributed by atoms with E-state index in [-0.39, 0.29) is 6.61 Å². The van der Waals surface area contributed by atoms with E-state index < -0.39 is 24.7 Å². The van der Waals surface area contributed by atoms with Crippen molar-refractivity contribution in [3.8, 4) is 11.5 Å². The summed E-state index contributed by atoms with van der Waals surface area (Å²) >= 11 is 0. The monoisotopic (exact) mass is 541 g/mol. The summed E-state index contributed by atoms with van der Waals surface area (Å²) in [5, 5.41) is 22.0. The fraction of sp³-hybridized carbons (Fsp3) is 0.242. The van der Waals surface area contributed by atoms with Crippen LogP contribution in [0, 0.1) is 0 Å². The first-order valence-corrected chi connectivity index (χ1v) is 13.3. The molecule has 2 atom stereocenters. The van der Waals surface area contributed by atoms with Crippen LogP contribution in [0.3, 0.4) is 0 Å². The SMILES string of the molecule is O=C(OC[C@@H](O)CO)[C@H](Cc1ccc(OCc2ccccc2)c(OCc2ccccc2)c1)NCc1ccccc1. The van der Waals surface area contributed by atoms with Gasteiger partial charge in [-0.3, -0.25) is 4.79 Å². The Kier molecular flexibility index (Phi) is 11.1. The summed E-state index contributed by atoms with van der Waals surface area (Å²) in [5.41, 5.74) is 3.93.